The average Bonchev–Trinajstić information content (AvgIpc) is 2.78. The van der Waals surface area contributed by atoms with Crippen LogP contribution in [0.25, 0.3) is 11.3 Å². The molecular weight excluding hydrogens is 194 g/mol. The van der Waals surface area contributed by atoms with Crippen LogP contribution in [0.3, 0.4) is 0 Å². The van der Waals surface area contributed by atoms with Crippen LogP contribution in [0.15, 0.2) is 34.9 Å². The van der Waals surface area contributed by atoms with Crippen molar-refractivity contribution in [1.82, 2.24) is 4.98 Å². The molecule has 4 heteroatoms. The maximum absolute atomic E-state index is 10.4. The third-order valence-electron chi connectivity index (χ3n) is 1.99. The fourth-order valence-electron chi connectivity index (χ4n) is 1.26. The van der Waals surface area contributed by atoms with Gasteiger partial charge in [-0.2, -0.15) is 0 Å². The zero-order valence-corrected chi connectivity index (χ0v) is 8.14. The van der Waals surface area contributed by atoms with Crippen molar-refractivity contribution < 1.29 is 13.9 Å². The van der Waals surface area contributed by atoms with Crippen LogP contribution < -0.4 is 4.74 Å². The molecule has 0 unspecified atom stereocenters. The van der Waals surface area contributed by atoms with Crippen molar-refractivity contribution >= 4 is 6.29 Å². The Kier molecular flexibility index (Phi) is 2.49. The van der Waals surface area contributed by atoms with Gasteiger partial charge < -0.3 is 9.15 Å². The summed E-state index contributed by atoms with van der Waals surface area (Å²) in [6.07, 6.45) is 2.02. The first-order chi connectivity index (χ1) is 7.33. The molecular formula is C11H9NO3. The molecule has 2 aromatic rings. The van der Waals surface area contributed by atoms with Gasteiger partial charge in [0.2, 0.25) is 6.29 Å². The van der Waals surface area contributed by atoms with E-state index in [9.17, 15) is 4.79 Å². The monoisotopic (exact) mass is 203 g/mol. The third-order valence-corrected chi connectivity index (χ3v) is 1.99. The van der Waals surface area contributed by atoms with Gasteiger partial charge in [0.1, 0.15) is 17.7 Å². The lowest BCUT2D eigenvalue weighted by molar-refractivity contribution is 0.109. The second kappa shape index (κ2) is 3.96. The lowest BCUT2D eigenvalue weighted by Crippen LogP contribution is -1.84. The van der Waals surface area contributed by atoms with E-state index in [1.54, 1.807) is 7.11 Å². The first-order valence-electron chi connectivity index (χ1n) is 4.38. The van der Waals surface area contributed by atoms with Crippen LogP contribution in [0.4, 0.5) is 0 Å². The van der Waals surface area contributed by atoms with E-state index < -0.39 is 0 Å². The number of carbonyl (C=O) groups is 1. The molecule has 76 valence electrons. The Morgan fingerprint density at radius 1 is 1.47 bits per heavy atom. The number of rotatable bonds is 3. The SMILES string of the molecule is COc1cccc(-c2coc(C=O)n2)c1. The summed E-state index contributed by atoms with van der Waals surface area (Å²) in [5.41, 5.74) is 1.47. The molecule has 2 rings (SSSR count). The predicted octanol–water partition coefficient (Wildman–Crippen LogP) is 2.16. The Bertz CT molecular complexity index is 476. The molecule has 0 N–H and O–H groups in total. The van der Waals surface area contributed by atoms with Crippen LogP contribution in [-0.2, 0) is 0 Å². The molecule has 0 amide bonds. The van der Waals surface area contributed by atoms with Crippen LogP contribution in [0.5, 0.6) is 5.75 Å². The number of nitrogens with zero attached hydrogens (tertiary/aromatic N) is 1. The van der Waals surface area contributed by atoms with Crippen molar-refractivity contribution in [3.63, 3.8) is 0 Å². The third kappa shape index (κ3) is 1.88. The zero-order valence-electron chi connectivity index (χ0n) is 8.14. The quantitative estimate of drug-likeness (QED) is 0.717. The minimum atomic E-state index is 0.0767. The summed E-state index contributed by atoms with van der Waals surface area (Å²) in [5, 5.41) is 0. The van der Waals surface area contributed by atoms with Gasteiger partial charge in [-0.25, -0.2) is 4.98 Å². The molecule has 15 heavy (non-hydrogen) atoms. The van der Waals surface area contributed by atoms with Crippen molar-refractivity contribution in [2.45, 2.75) is 0 Å². The maximum Gasteiger partial charge on any atom is 0.260 e. The van der Waals surface area contributed by atoms with Crippen LogP contribution in [-0.4, -0.2) is 18.4 Å². The van der Waals surface area contributed by atoms with Gasteiger partial charge in [0.15, 0.2) is 0 Å². The van der Waals surface area contributed by atoms with E-state index in [-0.39, 0.29) is 5.89 Å². The summed E-state index contributed by atoms with van der Waals surface area (Å²) in [6, 6.07) is 7.38. The summed E-state index contributed by atoms with van der Waals surface area (Å²) < 4.78 is 10.0. The molecule has 0 radical (unpaired) electrons. The van der Waals surface area contributed by atoms with E-state index >= 15 is 0 Å². The summed E-state index contributed by atoms with van der Waals surface area (Å²) in [7, 11) is 1.60. The van der Waals surface area contributed by atoms with Crippen molar-refractivity contribution in [3.8, 4) is 17.0 Å². The number of methoxy groups -OCH3 is 1. The van der Waals surface area contributed by atoms with E-state index in [4.69, 9.17) is 9.15 Å². The number of oxazole rings is 1. The smallest absolute Gasteiger partial charge is 0.260 e. The number of ether oxygens (including phenoxy) is 1. The number of hydrogen-bond donors (Lipinski definition) is 0. The van der Waals surface area contributed by atoms with E-state index in [1.165, 1.54) is 6.26 Å². The minimum Gasteiger partial charge on any atom is -0.497 e. The molecule has 0 fully saturated rings. The molecule has 0 atom stereocenters. The van der Waals surface area contributed by atoms with E-state index in [0.717, 1.165) is 11.3 Å². The van der Waals surface area contributed by atoms with Crippen LogP contribution in [0, 0.1) is 0 Å². The Balaban J connectivity index is 2.39. The van der Waals surface area contributed by atoms with Gasteiger partial charge in [-0.1, -0.05) is 12.1 Å². The highest BCUT2D eigenvalue weighted by Gasteiger charge is 2.05. The Morgan fingerprint density at radius 2 is 2.33 bits per heavy atom. The van der Waals surface area contributed by atoms with Crippen LogP contribution >= 0.6 is 0 Å². The molecule has 0 saturated carbocycles. The van der Waals surface area contributed by atoms with Gasteiger partial charge in [-0.3, -0.25) is 4.79 Å². The summed E-state index contributed by atoms with van der Waals surface area (Å²) in [4.78, 5) is 14.4. The summed E-state index contributed by atoms with van der Waals surface area (Å²) >= 11 is 0. The molecule has 0 saturated heterocycles. The molecule has 0 spiro atoms. The average molecular weight is 203 g/mol. The van der Waals surface area contributed by atoms with Gasteiger partial charge in [0.05, 0.1) is 7.11 Å². The van der Waals surface area contributed by atoms with Crippen LogP contribution in [0.2, 0.25) is 0 Å². The fraction of sp³-hybridized carbons (Fsp3) is 0.0909. The fourth-order valence-corrected chi connectivity index (χ4v) is 1.26. The van der Waals surface area contributed by atoms with Crippen molar-refractivity contribution in [2.24, 2.45) is 0 Å². The highest BCUT2D eigenvalue weighted by atomic mass is 16.5. The molecule has 0 bridgehead atoms. The highest BCUT2D eigenvalue weighted by Crippen LogP contribution is 2.22. The lowest BCUT2D eigenvalue weighted by Gasteiger charge is -2.00. The lowest BCUT2D eigenvalue weighted by atomic mass is 10.2. The largest absolute Gasteiger partial charge is 0.497 e. The normalized spacial score (nSPS) is 9.93. The first-order valence-corrected chi connectivity index (χ1v) is 4.38. The van der Waals surface area contributed by atoms with Gasteiger partial charge in [0, 0.05) is 5.56 Å². The van der Waals surface area contributed by atoms with E-state index in [2.05, 4.69) is 4.98 Å². The van der Waals surface area contributed by atoms with Gasteiger partial charge in [0.25, 0.3) is 5.89 Å². The molecule has 1 heterocycles. The van der Waals surface area contributed by atoms with Crippen LogP contribution in [0.1, 0.15) is 10.7 Å². The number of hydrogen-bond acceptors (Lipinski definition) is 4. The number of benzene rings is 1. The van der Waals surface area contributed by atoms with Gasteiger partial charge in [-0.15, -0.1) is 0 Å². The second-order valence-electron chi connectivity index (χ2n) is 2.92. The maximum atomic E-state index is 10.4. The standard InChI is InChI=1S/C11H9NO3/c1-14-9-4-2-3-8(5-9)10-7-15-11(6-13)12-10/h2-7H,1H3. The van der Waals surface area contributed by atoms with Crippen molar-refractivity contribution in [2.75, 3.05) is 7.11 Å². The molecule has 1 aromatic heterocycles. The summed E-state index contributed by atoms with van der Waals surface area (Å²) in [6.45, 7) is 0. The topological polar surface area (TPSA) is 52.3 Å². The van der Waals surface area contributed by atoms with Gasteiger partial charge in [-0.05, 0) is 12.1 Å². The van der Waals surface area contributed by atoms with E-state index in [0.29, 0.717) is 12.0 Å². The number of aromatic nitrogens is 1. The predicted molar refractivity (Wildman–Crippen MR) is 53.9 cm³/mol. The summed E-state index contributed by atoms with van der Waals surface area (Å²) in [5.74, 6) is 0.816. The zero-order chi connectivity index (χ0) is 10.7. The Hall–Kier alpha value is -2.10. The number of carbonyl (C=O) groups excluding carboxylic acids is 1. The molecule has 0 aliphatic rings. The minimum absolute atomic E-state index is 0.0767. The molecule has 0 aliphatic carbocycles. The van der Waals surface area contributed by atoms with Crippen molar-refractivity contribution in [1.29, 1.82) is 0 Å². The van der Waals surface area contributed by atoms with E-state index in [1.807, 2.05) is 24.3 Å². The van der Waals surface area contributed by atoms with Crippen molar-refractivity contribution in [3.05, 3.63) is 36.4 Å². The molecule has 0 aliphatic heterocycles. The Labute approximate surface area is 86.5 Å². The number of aldehydes is 1. The highest BCUT2D eigenvalue weighted by molar-refractivity contribution is 5.70. The Morgan fingerprint density at radius 3 is 3.00 bits per heavy atom. The van der Waals surface area contributed by atoms with Gasteiger partial charge >= 0.3 is 0 Å². The second-order valence-corrected chi connectivity index (χ2v) is 2.92. The molecule has 1 aromatic carbocycles. The molecule has 4 nitrogen and oxygen atoms in total. The first kappa shape index (κ1) is 9.45.